The first-order valence-electron chi connectivity index (χ1n) is 6.64. The molecule has 0 heterocycles. The van der Waals surface area contributed by atoms with E-state index in [2.05, 4.69) is 22.0 Å². The lowest BCUT2D eigenvalue weighted by Crippen LogP contribution is -2.44. The summed E-state index contributed by atoms with van der Waals surface area (Å²) in [6.45, 7) is -0.194. The Kier molecular flexibility index (Phi) is 4.76. The molecule has 112 valence electrons. The smallest absolute Gasteiger partial charge is 0.322 e. The molecular formula is C14H17N3O4. The summed E-state index contributed by atoms with van der Waals surface area (Å²) in [4.78, 5) is 33.0. The average molecular weight is 291 g/mol. The minimum absolute atomic E-state index is 0.250. The highest BCUT2D eigenvalue weighted by Gasteiger charge is 2.25. The van der Waals surface area contributed by atoms with Gasteiger partial charge in [-0.15, -0.1) is 0 Å². The molecule has 1 aliphatic carbocycles. The third-order valence-corrected chi connectivity index (χ3v) is 3.32. The number of fused-ring (bicyclic) bond motifs is 1. The lowest BCUT2D eigenvalue weighted by Gasteiger charge is -2.30. The minimum Gasteiger partial charge on any atom is -0.480 e. The molecule has 1 unspecified atom stereocenters. The van der Waals surface area contributed by atoms with Crippen LogP contribution in [0.15, 0.2) is 24.3 Å². The molecule has 0 spiro atoms. The van der Waals surface area contributed by atoms with Crippen molar-refractivity contribution in [1.29, 1.82) is 0 Å². The lowest BCUT2D eigenvalue weighted by molar-refractivity contribution is -0.137. The number of carbonyl (C=O) groups is 3. The van der Waals surface area contributed by atoms with Crippen molar-refractivity contribution in [1.82, 2.24) is 16.0 Å². The van der Waals surface area contributed by atoms with Crippen molar-refractivity contribution < 1.29 is 19.5 Å². The molecule has 21 heavy (non-hydrogen) atoms. The van der Waals surface area contributed by atoms with E-state index < -0.39 is 24.5 Å². The Bertz CT molecular complexity index is 559. The van der Waals surface area contributed by atoms with Gasteiger partial charge in [0.05, 0.1) is 6.54 Å². The quantitative estimate of drug-likeness (QED) is 0.583. The van der Waals surface area contributed by atoms with E-state index in [-0.39, 0.29) is 6.54 Å². The van der Waals surface area contributed by atoms with Gasteiger partial charge in [0, 0.05) is 12.5 Å². The first-order chi connectivity index (χ1) is 10.1. The molecule has 1 aromatic carbocycles. The van der Waals surface area contributed by atoms with Crippen LogP contribution < -0.4 is 16.0 Å². The van der Waals surface area contributed by atoms with Gasteiger partial charge in [-0.25, -0.2) is 4.79 Å². The van der Waals surface area contributed by atoms with Gasteiger partial charge in [-0.05, 0) is 17.5 Å². The predicted molar refractivity (Wildman–Crippen MR) is 74.9 cm³/mol. The molecule has 1 aromatic rings. The highest BCUT2D eigenvalue weighted by molar-refractivity contribution is 5.86. The number of aliphatic carboxylic acids is 1. The van der Waals surface area contributed by atoms with Crippen molar-refractivity contribution in [3.63, 3.8) is 0 Å². The van der Waals surface area contributed by atoms with E-state index in [1.54, 1.807) is 0 Å². The van der Waals surface area contributed by atoms with E-state index in [1.807, 2.05) is 18.2 Å². The molecule has 2 rings (SSSR count). The van der Waals surface area contributed by atoms with Gasteiger partial charge in [0.15, 0.2) is 0 Å². The van der Waals surface area contributed by atoms with E-state index in [4.69, 9.17) is 5.11 Å². The topological polar surface area (TPSA) is 108 Å². The largest absolute Gasteiger partial charge is 0.480 e. The van der Waals surface area contributed by atoms with Crippen molar-refractivity contribution >= 4 is 17.9 Å². The van der Waals surface area contributed by atoms with Crippen LogP contribution in [0.5, 0.6) is 0 Å². The molecule has 0 aliphatic heterocycles. The zero-order valence-electron chi connectivity index (χ0n) is 11.4. The summed E-state index contributed by atoms with van der Waals surface area (Å²) in [6.07, 6.45) is 0.940. The number of urea groups is 1. The average Bonchev–Trinajstić information content (AvgIpc) is 2.43. The van der Waals surface area contributed by atoms with Crippen molar-refractivity contribution in [2.75, 3.05) is 19.6 Å². The molecule has 0 fully saturated rings. The first kappa shape index (κ1) is 14.8. The third-order valence-electron chi connectivity index (χ3n) is 3.32. The molecule has 0 saturated heterocycles. The Labute approximate surface area is 121 Å². The predicted octanol–water partition coefficient (Wildman–Crippen LogP) is -0.174. The fourth-order valence-electron chi connectivity index (χ4n) is 2.22. The van der Waals surface area contributed by atoms with Crippen molar-refractivity contribution in [2.45, 2.75) is 12.3 Å². The maximum atomic E-state index is 11.5. The standard InChI is InChI=1S/C14H17N3O4/c18-12(15-8-13(19)20)7-17-14(21)16-6-10-5-9-3-1-2-4-11(9)10/h1-4,10H,5-8H2,(H,15,18)(H,19,20)(H2,16,17,21). The molecular weight excluding hydrogens is 274 g/mol. The monoisotopic (exact) mass is 291 g/mol. The molecule has 1 atom stereocenters. The summed E-state index contributed by atoms with van der Waals surface area (Å²) in [7, 11) is 0. The van der Waals surface area contributed by atoms with E-state index in [9.17, 15) is 14.4 Å². The maximum absolute atomic E-state index is 11.5. The zero-order chi connectivity index (χ0) is 15.2. The van der Waals surface area contributed by atoms with Crippen LogP contribution in [0.3, 0.4) is 0 Å². The van der Waals surface area contributed by atoms with Gasteiger partial charge in [-0.1, -0.05) is 24.3 Å². The van der Waals surface area contributed by atoms with Gasteiger partial charge in [-0.2, -0.15) is 0 Å². The van der Waals surface area contributed by atoms with Crippen molar-refractivity contribution in [3.8, 4) is 0 Å². The number of nitrogens with one attached hydrogen (secondary N) is 3. The summed E-state index contributed by atoms with van der Waals surface area (Å²) in [6, 6.07) is 7.63. The van der Waals surface area contributed by atoms with Gasteiger partial charge in [0.2, 0.25) is 5.91 Å². The van der Waals surface area contributed by atoms with Crippen LogP contribution in [-0.2, 0) is 16.0 Å². The van der Waals surface area contributed by atoms with Crippen LogP contribution in [0.1, 0.15) is 17.0 Å². The van der Waals surface area contributed by atoms with Crippen LogP contribution in [0.2, 0.25) is 0 Å². The Hall–Kier alpha value is -2.57. The molecule has 0 aromatic heterocycles. The first-order valence-corrected chi connectivity index (χ1v) is 6.64. The molecule has 0 radical (unpaired) electrons. The number of hydrogen-bond acceptors (Lipinski definition) is 3. The normalized spacial score (nSPS) is 15.3. The SMILES string of the molecule is O=C(O)CNC(=O)CNC(=O)NCC1Cc2ccccc21. The molecule has 4 N–H and O–H groups in total. The van der Waals surface area contributed by atoms with Gasteiger partial charge in [0.1, 0.15) is 6.54 Å². The second-order valence-electron chi connectivity index (χ2n) is 4.83. The van der Waals surface area contributed by atoms with Crippen LogP contribution in [0, 0.1) is 0 Å². The van der Waals surface area contributed by atoms with E-state index in [0.29, 0.717) is 12.5 Å². The van der Waals surface area contributed by atoms with Gasteiger partial charge >= 0.3 is 12.0 Å². The molecule has 3 amide bonds. The summed E-state index contributed by atoms with van der Waals surface area (Å²) < 4.78 is 0. The maximum Gasteiger partial charge on any atom is 0.322 e. The fraction of sp³-hybridized carbons (Fsp3) is 0.357. The van der Waals surface area contributed by atoms with Gasteiger partial charge in [-0.3, -0.25) is 9.59 Å². The third kappa shape index (κ3) is 4.20. The highest BCUT2D eigenvalue weighted by atomic mass is 16.4. The number of carboxylic acids is 1. The second-order valence-corrected chi connectivity index (χ2v) is 4.83. The summed E-state index contributed by atoms with van der Waals surface area (Å²) >= 11 is 0. The fourth-order valence-corrected chi connectivity index (χ4v) is 2.22. The van der Waals surface area contributed by atoms with E-state index in [1.165, 1.54) is 11.1 Å². The van der Waals surface area contributed by atoms with Gasteiger partial charge < -0.3 is 21.1 Å². The number of rotatable bonds is 6. The number of hydrogen-bond donors (Lipinski definition) is 4. The highest BCUT2D eigenvalue weighted by Crippen LogP contribution is 2.33. The number of amides is 3. The second kappa shape index (κ2) is 6.74. The summed E-state index contributed by atoms with van der Waals surface area (Å²) in [5.74, 6) is -1.36. The van der Waals surface area contributed by atoms with E-state index >= 15 is 0 Å². The van der Waals surface area contributed by atoms with Crippen LogP contribution in [0.25, 0.3) is 0 Å². The Balaban J connectivity index is 1.63. The zero-order valence-corrected chi connectivity index (χ0v) is 11.4. The molecule has 7 heteroatoms. The molecule has 7 nitrogen and oxygen atoms in total. The Morgan fingerprint density at radius 3 is 2.57 bits per heavy atom. The number of carboxylic acid groups (broad SMARTS) is 1. The number of carbonyl (C=O) groups excluding carboxylic acids is 2. The van der Waals surface area contributed by atoms with Crippen LogP contribution >= 0.6 is 0 Å². The van der Waals surface area contributed by atoms with E-state index in [0.717, 1.165) is 6.42 Å². The van der Waals surface area contributed by atoms with Crippen molar-refractivity contribution in [3.05, 3.63) is 35.4 Å². The molecule has 0 saturated carbocycles. The van der Waals surface area contributed by atoms with Crippen LogP contribution in [-0.4, -0.2) is 42.6 Å². The Morgan fingerprint density at radius 2 is 1.86 bits per heavy atom. The summed E-state index contributed by atoms with van der Waals surface area (Å²) in [5, 5.41) is 15.6. The number of benzene rings is 1. The minimum atomic E-state index is -1.13. The Morgan fingerprint density at radius 1 is 1.10 bits per heavy atom. The lowest BCUT2D eigenvalue weighted by atomic mass is 9.78. The summed E-state index contributed by atoms with van der Waals surface area (Å²) in [5.41, 5.74) is 2.55. The van der Waals surface area contributed by atoms with Crippen LogP contribution in [0.4, 0.5) is 4.79 Å². The van der Waals surface area contributed by atoms with Crippen molar-refractivity contribution in [2.24, 2.45) is 0 Å². The molecule has 1 aliphatic rings. The van der Waals surface area contributed by atoms with Gasteiger partial charge in [0.25, 0.3) is 0 Å². The molecule has 0 bridgehead atoms.